The Labute approximate surface area is 178 Å². The highest BCUT2D eigenvalue weighted by Crippen LogP contribution is 2.30. The van der Waals surface area contributed by atoms with E-state index in [1.807, 2.05) is 17.9 Å². The fraction of sp³-hybridized carbons (Fsp3) is 0.560. The average Bonchev–Trinajstić information content (AvgIpc) is 3.21. The summed E-state index contributed by atoms with van der Waals surface area (Å²) >= 11 is 0. The molecule has 0 saturated carbocycles. The topological polar surface area (TPSA) is 41.3 Å². The Hall–Kier alpha value is -2.25. The van der Waals surface area contributed by atoms with Crippen molar-refractivity contribution < 1.29 is 5.11 Å². The van der Waals surface area contributed by atoms with Crippen molar-refractivity contribution in [2.45, 2.75) is 65.2 Å². The molecule has 1 aromatic carbocycles. The quantitative estimate of drug-likeness (QED) is 0.501. The van der Waals surface area contributed by atoms with Gasteiger partial charge in [0, 0.05) is 45.2 Å². The van der Waals surface area contributed by atoms with Gasteiger partial charge in [-0.05, 0) is 36.1 Å². The molecule has 0 bridgehead atoms. The van der Waals surface area contributed by atoms with Crippen molar-refractivity contribution in [3.63, 3.8) is 0 Å². The summed E-state index contributed by atoms with van der Waals surface area (Å²) in [4.78, 5) is 2.34. The number of rotatable bonds is 6. The number of fused-ring (bicyclic) bond motifs is 1. The van der Waals surface area contributed by atoms with E-state index in [9.17, 15) is 0 Å². The molecular formula is C25H41N3O. The molecule has 29 heavy (non-hydrogen) atoms. The van der Waals surface area contributed by atoms with Crippen molar-refractivity contribution in [2.24, 2.45) is 7.05 Å². The van der Waals surface area contributed by atoms with Gasteiger partial charge in [0.05, 0.1) is 6.20 Å². The van der Waals surface area contributed by atoms with Gasteiger partial charge in [0.2, 0.25) is 0 Å². The second kappa shape index (κ2) is 16.7. The van der Waals surface area contributed by atoms with E-state index in [1.54, 1.807) is 0 Å². The Morgan fingerprint density at radius 3 is 2.10 bits per heavy atom. The molecule has 1 aliphatic heterocycles. The zero-order valence-electron chi connectivity index (χ0n) is 19.2. The van der Waals surface area contributed by atoms with Crippen LogP contribution in [0.15, 0.2) is 30.6 Å². The molecule has 0 atom stereocenters. The predicted molar refractivity (Wildman–Crippen MR) is 127 cm³/mol. The molecule has 1 aliphatic rings. The smallest absolute Gasteiger partial charge is 0.0568 e. The van der Waals surface area contributed by atoms with Crippen LogP contribution in [0.1, 0.15) is 64.4 Å². The molecule has 3 rings (SSSR count). The molecule has 1 aromatic heterocycles. The molecule has 0 amide bonds. The van der Waals surface area contributed by atoms with Gasteiger partial charge < -0.3 is 10.0 Å². The van der Waals surface area contributed by atoms with Crippen molar-refractivity contribution in [2.75, 3.05) is 25.6 Å². The molecule has 0 spiro atoms. The van der Waals surface area contributed by atoms with Gasteiger partial charge in [-0.1, -0.05) is 58.4 Å². The molecule has 0 unspecified atom stereocenters. The summed E-state index contributed by atoms with van der Waals surface area (Å²) in [6, 6.07) is 6.73. The number of benzene rings is 1. The minimum atomic E-state index is 1.00. The zero-order valence-corrected chi connectivity index (χ0v) is 19.2. The van der Waals surface area contributed by atoms with Crippen molar-refractivity contribution >= 4 is 5.69 Å². The second-order valence-corrected chi connectivity index (χ2v) is 7.19. The molecule has 1 N–H and O–H groups in total. The van der Waals surface area contributed by atoms with Gasteiger partial charge in [-0.2, -0.15) is 5.10 Å². The van der Waals surface area contributed by atoms with Crippen LogP contribution in [0.5, 0.6) is 0 Å². The lowest BCUT2D eigenvalue weighted by Crippen LogP contribution is -2.24. The molecule has 2 heterocycles. The molecule has 0 fully saturated rings. The van der Waals surface area contributed by atoms with Crippen LogP contribution in [0.3, 0.4) is 0 Å². The van der Waals surface area contributed by atoms with E-state index in [2.05, 4.69) is 68.1 Å². The van der Waals surface area contributed by atoms with Crippen molar-refractivity contribution in [1.29, 1.82) is 0 Å². The minimum absolute atomic E-state index is 1.00. The third kappa shape index (κ3) is 9.67. The maximum absolute atomic E-state index is 7.00. The van der Waals surface area contributed by atoms with Crippen LogP contribution >= 0.6 is 0 Å². The highest BCUT2D eigenvalue weighted by Gasteiger charge is 2.14. The first kappa shape index (κ1) is 26.8. The molecular weight excluding hydrogens is 358 g/mol. The summed E-state index contributed by atoms with van der Waals surface area (Å²) in [5.41, 5.74) is 5.31. The van der Waals surface area contributed by atoms with Crippen LogP contribution in [0.4, 0.5) is 5.69 Å². The first-order valence-electron chi connectivity index (χ1n) is 10.8. The van der Waals surface area contributed by atoms with Crippen molar-refractivity contribution in [1.82, 2.24) is 9.78 Å². The number of aliphatic hydroxyl groups excluding tert-OH is 1. The molecule has 162 valence electrons. The Morgan fingerprint density at radius 2 is 1.59 bits per heavy atom. The summed E-state index contributed by atoms with van der Waals surface area (Å²) in [5, 5.41) is 11.2. The third-order valence-corrected chi connectivity index (χ3v) is 4.93. The fourth-order valence-corrected chi connectivity index (χ4v) is 3.39. The Morgan fingerprint density at radius 1 is 0.966 bits per heavy atom. The van der Waals surface area contributed by atoms with Crippen LogP contribution in [0, 0.1) is 12.8 Å². The SMILES string of the molecule is C#C.CCCCCCCC.CN1CCCc2cc(-c3cnn(C)c3)ccc21.CO. The van der Waals surface area contributed by atoms with Crippen LogP contribution in [0.25, 0.3) is 11.1 Å². The number of nitrogens with zero attached hydrogens (tertiary/aromatic N) is 3. The van der Waals surface area contributed by atoms with Gasteiger partial charge in [-0.25, -0.2) is 0 Å². The van der Waals surface area contributed by atoms with Crippen LogP contribution < -0.4 is 4.90 Å². The van der Waals surface area contributed by atoms with E-state index in [1.165, 1.54) is 80.3 Å². The standard InChI is InChI=1S/C14H17N3.C8H18.C2H2.CH4O/c1-16-7-3-4-12-8-11(5-6-14(12)16)13-9-15-17(2)10-13;1-3-5-7-8-6-4-2;2*1-2/h5-6,8-10H,3-4,7H2,1-2H3;3-8H2,1-2H3;1-2H;2H,1H3. The summed E-state index contributed by atoms with van der Waals surface area (Å²) in [6.45, 7) is 5.68. The first-order chi connectivity index (χ1) is 14.2. The van der Waals surface area contributed by atoms with Gasteiger partial charge in [-0.3, -0.25) is 4.68 Å². The number of anilines is 1. The van der Waals surface area contributed by atoms with Gasteiger partial charge in [0.25, 0.3) is 0 Å². The number of aryl methyl sites for hydroxylation is 2. The van der Waals surface area contributed by atoms with E-state index in [0.29, 0.717) is 0 Å². The van der Waals surface area contributed by atoms with Gasteiger partial charge in [0.15, 0.2) is 0 Å². The van der Waals surface area contributed by atoms with E-state index in [-0.39, 0.29) is 0 Å². The lowest BCUT2D eigenvalue weighted by atomic mass is 9.98. The minimum Gasteiger partial charge on any atom is -0.400 e. The van der Waals surface area contributed by atoms with E-state index in [4.69, 9.17) is 5.11 Å². The average molecular weight is 400 g/mol. The normalized spacial score (nSPS) is 11.7. The number of aliphatic hydroxyl groups is 1. The summed E-state index contributed by atoms with van der Waals surface area (Å²) in [7, 11) is 5.12. The van der Waals surface area contributed by atoms with Gasteiger partial charge in [-0.15, -0.1) is 12.8 Å². The van der Waals surface area contributed by atoms with E-state index in [0.717, 1.165) is 7.11 Å². The summed E-state index contributed by atoms with van der Waals surface area (Å²) < 4.78 is 1.85. The lowest BCUT2D eigenvalue weighted by molar-refractivity contribution is 0.399. The predicted octanol–water partition coefficient (Wildman–Crippen LogP) is 5.69. The number of terminal acetylenes is 1. The summed E-state index contributed by atoms with van der Waals surface area (Å²) in [5.74, 6) is 0. The number of hydrogen-bond donors (Lipinski definition) is 1. The maximum Gasteiger partial charge on any atom is 0.0568 e. The molecule has 0 aliphatic carbocycles. The number of aromatic nitrogens is 2. The number of hydrogen-bond acceptors (Lipinski definition) is 3. The van der Waals surface area contributed by atoms with Gasteiger partial charge >= 0.3 is 0 Å². The maximum atomic E-state index is 7.00. The zero-order chi connectivity index (χ0) is 22.1. The Balaban J connectivity index is 0.000000557. The Kier molecular flexibility index (Phi) is 15.4. The fourth-order valence-electron chi connectivity index (χ4n) is 3.39. The molecule has 0 saturated heterocycles. The first-order valence-corrected chi connectivity index (χ1v) is 10.8. The summed E-state index contributed by atoms with van der Waals surface area (Å²) in [6.07, 6.45) is 22.9. The highest BCUT2D eigenvalue weighted by molar-refractivity contribution is 5.68. The highest BCUT2D eigenvalue weighted by atomic mass is 16.2. The van der Waals surface area contributed by atoms with Crippen LogP contribution in [0.2, 0.25) is 0 Å². The van der Waals surface area contributed by atoms with E-state index < -0.39 is 0 Å². The molecule has 4 heteroatoms. The lowest BCUT2D eigenvalue weighted by Gasteiger charge is -2.27. The number of unbranched alkanes of at least 4 members (excludes halogenated alkanes) is 5. The second-order valence-electron chi connectivity index (χ2n) is 7.19. The van der Waals surface area contributed by atoms with Crippen LogP contribution in [-0.4, -0.2) is 35.6 Å². The third-order valence-electron chi connectivity index (χ3n) is 4.93. The van der Waals surface area contributed by atoms with Crippen molar-refractivity contribution in [3.05, 3.63) is 36.2 Å². The van der Waals surface area contributed by atoms with Crippen LogP contribution in [-0.2, 0) is 13.5 Å². The monoisotopic (exact) mass is 399 g/mol. The van der Waals surface area contributed by atoms with Crippen molar-refractivity contribution in [3.8, 4) is 24.0 Å². The Bertz CT molecular complexity index is 670. The molecule has 4 nitrogen and oxygen atoms in total. The molecule has 0 radical (unpaired) electrons. The largest absolute Gasteiger partial charge is 0.400 e. The molecule has 2 aromatic rings. The van der Waals surface area contributed by atoms with E-state index >= 15 is 0 Å². The van der Waals surface area contributed by atoms with Gasteiger partial charge in [0.1, 0.15) is 0 Å².